The molecule has 3 N–H and O–H groups in total. The van der Waals surface area contributed by atoms with Gasteiger partial charge < -0.3 is 25.4 Å². The lowest BCUT2D eigenvalue weighted by molar-refractivity contribution is -0.0592. The number of carbonyl (C=O) groups is 1. The fourth-order valence-corrected chi connectivity index (χ4v) is 5.98. The highest BCUT2D eigenvalue weighted by atomic mass is 16.5. The smallest absolute Gasteiger partial charge is 0.317 e. The van der Waals surface area contributed by atoms with Crippen LogP contribution in [0.1, 0.15) is 76.7 Å². The molecule has 2 fully saturated rings. The number of carbonyl (C=O) groups excluding carboxylic acids is 1. The van der Waals surface area contributed by atoms with Gasteiger partial charge in [0.15, 0.2) is 0 Å². The molecular formula is C28H47N3O3. The van der Waals surface area contributed by atoms with E-state index < -0.39 is 5.60 Å². The van der Waals surface area contributed by atoms with Crippen LogP contribution in [0.4, 0.5) is 4.79 Å². The van der Waals surface area contributed by atoms with Gasteiger partial charge in [0.2, 0.25) is 0 Å². The highest BCUT2D eigenvalue weighted by Gasteiger charge is 2.41. The molecule has 1 saturated carbocycles. The van der Waals surface area contributed by atoms with Gasteiger partial charge in [-0.1, -0.05) is 62.4 Å². The minimum atomic E-state index is -0.955. The predicted octanol–water partition coefficient (Wildman–Crippen LogP) is 4.67. The number of hydrogen-bond acceptors (Lipinski definition) is 4. The van der Waals surface area contributed by atoms with Crippen LogP contribution in [-0.4, -0.2) is 62.0 Å². The first-order chi connectivity index (χ1) is 16.6. The van der Waals surface area contributed by atoms with Crippen molar-refractivity contribution in [3.05, 3.63) is 35.9 Å². The summed E-state index contributed by atoms with van der Waals surface area (Å²) >= 11 is 0. The topological polar surface area (TPSA) is 73.8 Å². The van der Waals surface area contributed by atoms with Crippen LogP contribution in [0.15, 0.2) is 30.3 Å². The third-order valence-corrected chi connectivity index (χ3v) is 7.83. The van der Waals surface area contributed by atoms with Crippen molar-refractivity contribution >= 4 is 6.03 Å². The van der Waals surface area contributed by atoms with E-state index in [1.165, 1.54) is 32.1 Å². The van der Waals surface area contributed by atoms with Crippen LogP contribution in [0.2, 0.25) is 0 Å². The van der Waals surface area contributed by atoms with Gasteiger partial charge >= 0.3 is 6.03 Å². The Kier molecular flexibility index (Phi) is 11.1. The van der Waals surface area contributed by atoms with Crippen molar-refractivity contribution in [2.45, 2.75) is 82.8 Å². The van der Waals surface area contributed by atoms with E-state index >= 15 is 0 Å². The summed E-state index contributed by atoms with van der Waals surface area (Å²) in [5.74, 6) is 0.729. The van der Waals surface area contributed by atoms with E-state index in [0.717, 1.165) is 50.3 Å². The van der Waals surface area contributed by atoms with Gasteiger partial charge in [0.1, 0.15) is 0 Å². The van der Waals surface area contributed by atoms with Crippen LogP contribution in [0, 0.1) is 11.8 Å². The fourth-order valence-electron chi connectivity index (χ4n) is 5.98. The van der Waals surface area contributed by atoms with Crippen molar-refractivity contribution in [2.75, 3.05) is 39.9 Å². The average Bonchev–Trinajstić information content (AvgIpc) is 2.88. The van der Waals surface area contributed by atoms with E-state index in [0.29, 0.717) is 26.2 Å². The number of amides is 2. The third kappa shape index (κ3) is 7.69. The molecule has 0 spiro atoms. The largest absolute Gasteiger partial charge is 0.385 e. The number of ether oxygens (including phenoxy) is 1. The van der Waals surface area contributed by atoms with E-state index in [2.05, 4.69) is 10.6 Å². The van der Waals surface area contributed by atoms with E-state index in [-0.39, 0.29) is 18.0 Å². The highest BCUT2D eigenvalue weighted by Crippen LogP contribution is 2.39. The van der Waals surface area contributed by atoms with E-state index in [4.69, 9.17) is 4.74 Å². The molecule has 6 heteroatoms. The molecule has 1 heterocycles. The molecule has 2 amide bonds. The van der Waals surface area contributed by atoms with Crippen molar-refractivity contribution in [3.8, 4) is 0 Å². The van der Waals surface area contributed by atoms with Gasteiger partial charge in [-0.05, 0) is 57.6 Å². The number of benzene rings is 1. The van der Waals surface area contributed by atoms with Crippen LogP contribution in [0.5, 0.6) is 0 Å². The van der Waals surface area contributed by atoms with Gasteiger partial charge in [0.05, 0.1) is 5.60 Å². The SMILES string of the molecule is CCOCCCC(O)(c1ccccc1)C1CCCN(C(=O)NC(CNC)CC2CCCCC2)C1. The normalized spacial score (nSPS) is 22.2. The van der Waals surface area contributed by atoms with Crippen molar-refractivity contribution < 1.29 is 14.6 Å². The van der Waals surface area contributed by atoms with Gasteiger partial charge in [0.25, 0.3) is 0 Å². The number of likely N-dealkylation sites (N-methyl/N-ethyl adjacent to an activating group) is 1. The van der Waals surface area contributed by atoms with Crippen molar-refractivity contribution in [3.63, 3.8) is 0 Å². The number of aliphatic hydroxyl groups is 1. The first kappa shape index (κ1) is 27.0. The maximum Gasteiger partial charge on any atom is 0.317 e. The van der Waals surface area contributed by atoms with Crippen LogP contribution in [0.25, 0.3) is 0 Å². The summed E-state index contributed by atoms with van der Waals surface area (Å²) < 4.78 is 5.55. The Morgan fingerprint density at radius 1 is 1.18 bits per heavy atom. The molecule has 1 aliphatic heterocycles. The monoisotopic (exact) mass is 473 g/mol. The first-order valence-corrected chi connectivity index (χ1v) is 13.6. The Bertz CT molecular complexity index is 710. The highest BCUT2D eigenvalue weighted by molar-refractivity contribution is 5.74. The second-order valence-electron chi connectivity index (χ2n) is 10.3. The van der Waals surface area contributed by atoms with Crippen LogP contribution in [0.3, 0.4) is 0 Å². The molecule has 3 unspecified atom stereocenters. The van der Waals surface area contributed by atoms with Gasteiger partial charge in [-0.25, -0.2) is 4.79 Å². The standard InChI is InChI=1S/C28H47N3O3/c1-3-34-19-11-17-28(33,24-14-8-5-9-15-24)25-16-10-18-31(22-25)27(32)30-26(21-29-2)20-23-12-6-4-7-13-23/h5,8-9,14-15,23,25-26,29,33H,3-4,6-7,10-13,16-22H2,1-2H3,(H,30,32). The minimum Gasteiger partial charge on any atom is -0.385 e. The Balaban J connectivity index is 1.64. The number of likely N-dealkylation sites (tertiary alicyclic amines) is 1. The average molecular weight is 474 g/mol. The van der Waals surface area contributed by atoms with Crippen molar-refractivity contribution in [1.82, 2.24) is 15.5 Å². The molecule has 2 aliphatic rings. The zero-order valence-electron chi connectivity index (χ0n) is 21.4. The minimum absolute atomic E-state index is 0.0112. The maximum absolute atomic E-state index is 13.3. The van der Waals surface area contributed by atoms with Gasteiger partial charge in [-0.15, -0.1) is 0 Å². The van der Waals surface area contributed by atoms with Gasteiger partial charge in [0, 0.05) is 44.8 Å². The third-order valence-electron chi connectivity index (χ3n) is 7.83. The van der Waals surface area contributed by atoms with Crippen LogP contribution in [-0.2, 0) is 10.3 Å². The number of urea groups is 1. The molecular weight excluding hydrogens is 426 g/mol. The summed E-state index contributed by atoms with van der Waals surface area (Å²) in [6.45, 7) is 5.47. The molecule has 1 aromatic carbocycles. The molecule has 3 rings (SSSR count). The zero-order chi connectivity index (χ0) is 24.2. The molecule has 192 valence electrons. The number of rotatable bonds is 12. The second-order valence-corrected chi connectivity index (χ2v) is 10.3. The molecule has 3 atom stereocenters. The van der Waals surface area contributed by atoms with E-state index in [9.17, 15) is 9.90 Å². The van der Waals surface area contributed by atoms with Crippen molar-refractivity contribution in [2.24, 2.45) is 11.8 Å². The zero-order valence-corrected chi connectivity index (χ0v) is 21.4. The van der Waals surface area contributed by atoms with E-state index in [1.807, 2.05) is 49.2 Å². The summed E-state index contributed by atoms with van der Waals surface area (Å²) in [4.78, 5) is 15.3. The predicted molar refractivity (Wildman–Crippen MR) is 138 cm³/mol. The molecule has 1 aromatic rings. The van der Waals surface area contributed by atoms with Crippen molar-refractivity contribution in [1.29, 1.82) is 0 Å². The summed E-state index contributed by atoms with van der Waals surface area (Å²) in [5.41, 5.74) is -0.00632. The summed E-state index contributed by atoms with van der Waals surface area (Å²) in [7, 11) is 1.96. The van der Waals surface area contributed by atoms with E-state index in [1.54, 1.807) is 0 Å². The first-order valence-electron chi connectivity index (χ1n) is 13.6. The lowest BCUT2D eigenvalue weighted by Gasteiger charge is -2.43. The molecule has 1 aliphatic carbocycles. The molecule has 0 aromatic heterocycles. The molecule has 34 heavy (non-hydrogen) atoms. The Morgan fingerprint density at radius 3 is 2.65 bits per heavy atom. The quantitative estimate of drug-likeness (QED) is 0.386. The van der Waals surface area contributed by atoms with Gasteiger partial charge in [-0.2, -0.15) is 0 Å². The molecule has 6 nitrogen and oxygen atoms in total. The number of hydrogen-bond donors (Lipinski definition) is 3. The van der Waals surface area contributed by atoms with Crippen LogP contribution < -0.4 is 10.6 Å². The number of nitrogens with one attached hydrogen (secondary N) is 2. The fraction of sp³-hybridized carbons (Fsp3) is 0.750. The lowest BCUT2D eigenvalue weighted by Crippen LogP contribution is -2.54. The molecule has 0 bridgehead atoms. The maximum atomic E-state index is 13.3. The lowest BCUT2D eigenvalue weighted by atomic mass is 9.74. The summed E-state index contributed by atoms with van der Waals surface area (Å²) in [6, 6.07) is 10.2. The number of nitrogens with zero attached hydrogens (tertiary/aromatic N) is 1. The molecule has 1 saturated heterocycles. The summed E-state index contributed by atoms with van der Waals surface area (Å²) in [5, 5.41) is 18.6. The van der Waals surface area contributed by atoms with Gasteiger partial charge in [-0.3, -0.25) is 0 Å². The Labute approximate surface area is 206 Å². The number of piperidine rings is 1. The van der Waals surface area contributed by atoms with Crippen LogP contribution >= 0.6 is 0 Å². The molecule has 0 radical (unpaired) electrons. The Morgan fingerprint density at radius 2 is 1.94 bits per heavy atom. The Hall–Kier alpha value is -1.63. The second kappa shape index (κ2) is 14.1. The summed E-state index contributed by atoms with van der Waals surface area (Å²) in [6.07, 6.45) is 10.9.